The summed E-state index contributed by atoms with van der Waals surface area (Å²) in [6, 6.07) is 13.6. The highest BCUT2D eigenvalue weighted by Crippen LogP contribution is 2.34. The zero-order valence-corrected chi connectivity index (χ0v) is 13.5. The van der Waals surface area contributed by atoms with Crippen LogP contribution < -0.4 is 4.74 Å². The Kier molecular flexibility index (Phi) is 5.14. The minimum atomic E-state index is -0.145. The summed E-state index contributed by atoms with van der Waals surface area (Å²) in [6.07, 6.45) is 0.728. The molecular weight excluding hydrogens is 347 g/mol. The van der Waals surface area contributed by atoms with E-state index in [4.69, 9.17) is 27.9 Å². The number of alkyl halides is 1. The molecule has 0 fully saturated rings. The Morgan fingerprint density at radius 2 is 1.84 bits per heavy atom. The first kappa shape index (κ1) is 14.7. The smallest absolute Gasteiger partial charge is 0.123 e. The maximum absolute atomic E-state index is 6.50. The van der Waals surface area contributed by atoms with Gasteiger partial charge in [0.1, 0.15) is 5.75 Å². The normalized spacial score (nSPS) is 12.2. The number of methoxy groups -OCH3 is 1. The van der Waals surface area contributed by atoms with Gasteiger partial charge in [-0.3, -0.25) is 0 Å². The third kappa shape index (κ3) is 3.88. The maximum Gasteiger partial charge on any atom is 0.123 e. The Bertz CT molecular complexity index is 555. The van der Waals surface area contributed by atoms with Crippen LogP contribution in [0.4, 0.5) is 0 Å². The molecule has 0 N–H and O–H groups in total. The summed E-state index contributed by atoms with van der Waals surface area (Å²) in [5.41, 5.74) is 2.12. The number of ether oxygens (including phenoxy) is 1. The van der Waals surface area contributed by atoms with Crippen molar-refractivity contribution in [1.29, 1.82) is 0 Å². The molecule has 1 atom stereocenters. The summed E-state index contributed by atoms with van der Waals surface area (Å²) in [5, 5.41) is 0.587. The minimum Gasteiger partial charge on any atom is -0.496 e. The average Bonchev–Trinajstić information content (AvgIpc) is 2.41. The first-order valence-corrected chi connectivity index (χ1v) is 7.43. The molecule has 4 heteroatoms. The van der Waals surface area contributed by atoms with Crippen molar-refractivity contribution in [1.82, 2.24) is 0 Å². The van der Waals surface area contributed by atoms with Crippen LogP contribution in [0, 0.1) is 0 Å². The van der Waals surface area contributed by atoms with Crippen LogP contribution in [-0.2, 0) is 6.42 Å². The van der Waals surface area contributed by atoms with Crippen LogP contribution in [0.1, 0.15) is 16.5 Å². The number of benzene rings is 2. The average molecular weight is 360 g/mol. The van der Waals surface area contributed by atoms with E-state index in [1.165, 1.54) is 0 Å². The van der Waals surface area contributed by atoms with Gasteiger partial charge in [0.2, 0.25) is 0 Å². The fraction of sp³-hybridized carbons (Fsp3) is 0.200. The molecule has 19 heavy (non-hydrogen) atoms. The molecule has 2 aromatic rings. The van der Waals surface area contributed by atoms with Gasteiger partial charge in [-0.1, -0.05) is 39.7 Å². The van der Waals surface area contributed by atoms with E-state index in [9.17, 15) is 0 Å². The predicted octanol–water partition coefficient (Wildman–Crippen LogP) is 5.63. The molecule has 1 unspecified atom stereocenters. The zero-order chi connectivity index (χ0) is 13.8. The van der Waals surface area contributed by atoms with Crippen molar-refractivity contribution in [3.05, 3.63) is 63.1 Å². The molecule has 1 nitrogen and oxygen atoms in total. The number of rotatable bonds is 4. The Hall–Kier alpha value is -0.700. The molecule has 0 spiro atoms. The molecule has 0 heterocycles. The minimum absolute atomic E-state index is 0.145. The lowest BCUT2D eigenvalue weighted by Gasteiger charge is -2.14. The molecule has 100 valence electrons. The summed E-state index contributed by atoms with van der Waals surface area (Å²) in [4.78, 5) is 0. The van der Waals surface area contributed by atoms with Crippen molar-refractivity contribution in [2.75, 3.05) is 7.11 Å². The van der Waals surface area contributed by atoms with Gasteiger partial charge < -0.3 is 4.74 Å². The number of hydrogen-bond donors (Lipinski definition) is 0. The van der Waals surface area contributed by atoms with Crippen molar-refractivity contribution >= 4 is 39.1 Å². The topological polar surface area (TPSA) is 9.23 Å². The molecular formula is C15H13BrCl2O. The van der Waals surface area contributed by atoms with Crippen LogP contribution in [-0.4, -0.2) is 7.11 Å². The standard InChI is InChI=1S/C15H13BrCl2O/c1-19-15-7-4-11(16)9-13(15)14(18)8-10-2-5-12(17)6-3-10/h2-7,9,14H,8H2,1H3. The molecule has 0 saturated carbocycles. The van der Waals surface area contributed by atoms with Gasteiger partial charge >= 0.3 is 0 Å². The highest BCUT2D eigenvalue weighted by atomic mass is 79.9. The third-order valence-corrected chi connectivity index (χ3v) is 3.99. The van der Waals surface area contributed by atoms with Crippen molar-refractivity contribution in [2.24, 2.45) is 0 Å². The van der Waals surface area contributed by atoms with Crippen LogP contribution in [0.25, 0.3) is 0 Å². The monoisotopic (exact) mass is 358 g/mol. The van der Waals surface area contributed by atoms with Gasteiger partial charge in [-0.15, -0.1) is 11.6 Å². The van der Waals surface area contributed by atoms with Crippen molar-refractivity contribution in [3.63, 3.8) is 0 Å². The van der Waals surface area contributed by atoms with Gasteiger partial charge in [0.25, 0.3) is 0 Å². The summed E-state index contributed by atoms with van der Waals surface area (Å²) >= 11 is 15.8. The van der Waals surface area contributed by atoms with E-state index in [0.29, 0.717) is 0 Å². The Balaban J connectivity index is 2.21. The van der Waals surface area contributed by atoms with Crippen molar-refractivity contribution in [2.45, 2.75) is 11.8 Å². The van der Waals surface area contributed by atoms with Crippen LogP contribution in [0.15, 0.2) is 46.9 Å². The summed E-state index contributed by atoms with van der Waals surface area (Å²) in [5.74, 6) is 0.803. The van der Waals surface area contributed by atoms with E-state index in [-0.39, 0.29) is 5.38 Å². The molecule has 0 saturated heterocycles. The Labute approximate surface area is 131 Å². The lowest BCUT2D eigenvalue weighted by Crippen LogP contribution is -1.99. The lowest BCUT2D eigenvalue weighted by molar-refractivity contribution is 0.409. The highest BCUT2D eigenvalue weighted by Gasteiger charge is 2.14. The van der Waals surface area contributed by atoms with Crippen LogP contribution in [0.2, 0.25) is 5.02 Å². The first-order chi connectivity index (χ1) is 9.10. The quantitative estimate of drug-likeness (QED) is 0.642. The van der Waals surface area contributed by atoms with E-state index in [2.05, 4.69) is 15.9 Å². The summed E-state index contributed by atoms with van der Waals surface area (Å²) in [7, 11) is 1.65. The van der Waals surface area contributed by atoms with E-state index >= 15 is 0 Å². The van der Waals surface area contributed by atoms with Gasteiger partial charge in [-0.25, -0.2) is 0 Å². The highest BCUT2D eigenvalue weighted by molar-refractivity contribution is 9.10. The van der Waals surface area contributed by atoms with Crippen molar-refractivity contribution < 1.29 is 4.74 Å². The Morgan fingerprint density at radius 1 is 1.16 bits per heavy atom. The van der Waals surface area contributed by atoms with E-state index < -0.39 is 0 Å². The van der Waals surface area contributed by atoms with Crippen molar-refractivity contribution in [3.8, 4) is 5.75 Å². The molecule has 0 radical (unpaired) electrons. The molecule has 2 rings (SSSR count). The molecule has 0 bridgehead atoms. The van der Waals surface area contributed by atoms with Gasteiger partial charge in [0.05, 0.1) is 12.5 Å². The molecule has 0 aliphatic heterocycles. The second-order valence-electron chi connectivity index (χ2n) is 4.18. The second-order valence-corrected chi connectivity index (χ2v) is 6.06. The Morgan fingerprint density at radius 3 is 2.47 bits per heavy atom. The fourth-order valence-corrected chi connectivity index (χ4v) is 2.74. The predicted molar refractivity (Wildman–Crippen MR) is 84.4 cm³/mol. The zero-order valence-electron chi connectivity index (χ0n) is 10.4. The van der Waals surface area contributed by atoms with E-state index in [1.807, 2.05) is 42.5 Å². The molecule has 0 aromatic heterocycles. The van der Waals surface area contributed by atoms with E-state index in [1.54, 1.807) is 7.11 Å². The second kappa shape index (κ2) is 6.65. The lowest BCUT2D eigenvalue weighted by atomic mass is 10.0. The molecule has 0 aliphatic rings. The van der Waals surface area contributed by atoms with Crippen LogP contribution in [0.3, 0.4) is 0 Å². The number of halogens is 3. The summed E-state index contributed by atoms with van der Waals surface area (Å²) < 4.78 is 6.34. The summed E-state index contributed by atoms with van der Waals surface area (Å²) in [6.45, 7) is 0. The third-order valence-electron chi connectivity index (χ3n) is 2.86. The molecule has 2 aromatic carbocycles. The van der Waals surface area contributed by atoms with Gasteiger partial charge in [-0.2, -0.15) is 0 Å². The van der Waals surface area contributed by atoms with Crippen LogP contribution >= 0.6 is 39.1 Å². The maximum atomic E-state index is 6.50. The first-order valence-electron chi connectivity index (χ1n) is 5.82. The molecule has 0 amide bonds. The van der Waals surface area contributed by atoms with Gasteiger partial charge in [-0.05, 0) is 42.3 Å². The van der Waals surface area contributed by atoms with Gasteiger partial charge in [0.15, 0.2) is 0 Å². The van der Waals surface area contributed by atoms with Crippen LogP contribution in [0.5, 0.6) is 5.75 Å². The largest absolute Gasteiger partial charge is 0.496 e. The van der Waals surface area contributed by atoms with E-state index in [0.717, 1.165) is 32.8 Å². The molecule has 0 aliphatic carbocycles. The SMILES string of the molecule is COc1ccc(Br)cc1C(Cl)Cc1ccc(Cl)cc1. The number of hydrogen-bond acceptors (Lipinski definition) is 1. The fourth-order valence-electron chi connectivity index (χ4n) is 1.89. The van der Waals surface area contributed by atoms with Gasteiger partial charge in [0, 0.05) is 15.1 Å².